The predicted molar refractivity (Wildman–Crippen MR) is 85.0 cm³/mol. The van der Waals surface area contributed by atoms with Crippen molar-refractivity contribution >= 4 is 18.3 Å². The van der Waals surface area contributed by atoms with E-state index in [1.165, 1.54) is 0 Å². The van der Waals surface area contributed by atoms with Gasteiger partial charge in [-0.3, -0.25) is 9.78 Å². The fraction of sp³-hybridized carbons (Fsp3) is 0.250. The van der Waals surface area contributed by atoms with Gasteiger partial charge < -0.3 is 14.8 Å². The fourth-order valence-corrected chi connectivity index (χ4v) is 2.17. The first-order chi connectivity index (χ1) is 10.3. The highest BCUT2D eigenvalue weighted by Crippen LogP contribution is 2.30. The van der Waals surface area contributed by atoms with Crippen molar-refractivity contribution < 1.29 is 14.3 Å². The number of carbonyl (C=O) groups excluding carboxylic acids is 1. The molecular weight excluding hydrogens is 304 g/mol. The molecule has 3 rings (SSSR count). The third-order valence-corrected chi connectivity index (χ3v) is 3.25. The van der Waals surface area contributed by atoms with Gasteiger partial charge in [0.05, 0.1) is 0 Å². The Labute approximate surface area is 135 Å². The summed E-state index contributed by atoms with van der Waals surface area (Å²) >= 11 is 0. The first kappa shape index (κ1) is 16.1. The van der Waals surface area contributed by atoms with Crippen molar-refractivity contribution in [2.24, 2.45) is 0 Å². The monoisotopic (exact) mass is 320 g/mol. The average molecular weight is 321 g/mol. The second-order valence-corrected chi connectivity index (χ2v) is 4.72. The van der Waals surface area contributed by atoms with E-state index in [2.05, 4.69) is 10.3 Å². The van der Waals surface area contributed by atoms with Crippen LogP contribution in [-0.2, 0) is 6.42 Å². The molecule has 0 spiro atoms. The van der Waals surface area contributed by atoms with E-state index in [9.17, 15) is 4.79 Å². The Morgan fingerprint density at radius 1 is 1.09 bits per heavy atom. The molecule has 2 aromatic rings. The first-order valence-electron chi connectivity index (χ1n) is 6.90. The standard InChI is InChI=1S/C16H16N2O3.ClH/c19-16(13-4-6-17-7-5-13)18-8-3-12-1-2-14-15(11-12)21-10-9-20-14;/h1-2,4-7,11H,3,8-10H2,(H,18,19);1H. The minimum Gasteiger partial charge on any atom is -0.486 e. The van der Waals surface area contributed by atoms with Crippen LogP contribution >= 0.6 is 12.4 Å². The fourth-order valence-electron chi connectivity index (χ4n) is 2.17. The Bertz CT molecular complexity index is 635. The molecule has 1 aromatic carbocycles. The van der Waals surface area contributed by atoms with Gasteiger partial charge in [-0.15, -0.1) is 12.4 Å². The predicted octanol–water partition coefficient (Wildman–Crippen LogP) is 2.25. The average Bonchev–Trinajstić information content (AvgIpc) is 2.55. The Morgan fingerprint density at radius 3 is 2.59 bits per heavy atom. The van der Waals surface area contributed by atoms with Gasteiger partial charge in [0.25, 0.3) is 5.91 Å². The maximum absolute atomic E-state index is 11.9. The van der Waals surface area contributed by atoms with Crippen LogP contribution in [0.15, 0.2) is 42.7 Å². The third kappa shape index (κ3) is 3.89. The van der Waals surface area contributed by atoms with Gasteiger partial charge in [-0.05, 0) is 36.2 Å². The molecule has 116 valence electrons. The van der Waals surface area contributed by atoms with Crippen LogP contribution in [0, 0.1) is 0 Å². The normalized spacial score (nSPS) is 12.2. The van der Waals surface area contributed by atoms with Crippen LogP contribution in [0.2, 0.25) is 0 Å². The molecule has 0 aliphatic carbocycles. The highest BCUT2D eigenvalue weighted by Gasteiger charge is 2.11. The largest absolute Gasteiger partial charge is 0.486 e. The summed E-state index contributed by atoms with van der Waals surface area (Å²) in [4.78, 5) is 15.8. The number of amides is 1. The summed E-state index contributed by atoms with van der Waals surface area (Å²) in [7, 11) is 0. The summed E-state index contributed by atoms with van der Waals surface area (Å²) in [5.41, 5.74) is 1.72. The second kappa shape index (κ2) is 7.66. The van der Waals surface area contributed by atoms with Crippen molar-refractivity contribution in [1.82, 2.24) is 10.3 Å². The van der Waals surface area contributed by atoms with Crippen LogP contribution in [0.5, 0.6) is 11.5 Å². The smallest absolute Gasteiger partial charge is 0.251 e. The molecule has 0 saturated carbocycles. The summed E-state index contributed by atoms with van der Waals surface area (Å²) in [6, 6.07) is 9.26. The van der Waals surface area contributed by atoms with Crippen LogP contribution in [0.1, 0.15) is 15.9 Å². The van der Waals surface area contributed by atoms with Crippen molar-refractivity contribution in [1.29, 1.82) is 0 Å². The third-order valence-electron chi connectivity index (χ3n) is 3.25. The molecule has 1 N–H and O–H groups in total. The first-order valence-corrected chi connectivity index (χ1v) is 6.90. The van der Waals surface area contributed by atoms with Crippen molar-refractivity contribution in [2.75, 3.05) is 19.8 Å². The van der Waals surface area contributed by atoms with E-state index in [0.29, 0.717) is 25.3 Å². The molecular formula is C16H17ClN2O3. The zero-order chi connectivity index (χ0) is 14.5. The number of nitrogens with one attached hydrogen (secondary N) is 1. The van der Waals surface area contributed by atoms with E-state index in [0.717, 1.165) is 23.5 Å². The van der Waals surface area contributed by atoms with Crippen molar-refractivity contribution in [2.45, 2.75) is 6.42 Å². The Balaban J connectivity index is 0.00000176. The van der Waals surface area contributed by atoms with Crippen LogP contribution in [0.3, 0.4) is 0 Å². The maximum atomic E-state index is 11.9. The zero-order valence-corrected chi connectivity index (χ0v) is 12.8. The number of nitrogens with zero attached hydrogens (tertiary/aromatic N) is 1. The molecule has 22 heavy (non-hydrogen) atoms. The highest BCUT2D eigenvalue weighted by atomic mass is 35.5. The molecule has 0 fully saturated rings. The van der Waals surface area contributed by atoms with Gasteiger partial charge in [-0.1, -0.05) is 6.07 Å². The molecule has 1 aliphatic rings. The Hall–Kier alpha value is -2.27. The van der Waals surface area contributed by atoms with E-state index >= 15 is 0 Å². The molecule has 0 unspecified atom stereocenters. The molecule has 2 heterocycles. The van der Waals surface area contributed by atoms with Gasteiger partial charge >= 0.3 is 0 Å². The molecule has 0 saturated heterocycles. The van der Waals surface area contributed by atoms with Crippen LogP contribution in [-0.4, -0.2) is 30.6 Å². The number of hydrogen-bond donors (Lipinski definition) is 1. The lowest BCUT2D eigenvalue weighted by Gasteiger charge is -2.18. The molecule has 6 heteroatoms. The van der Waals surface area contributed by atoms with Crippen LogP contribution in [0.25, 0.3) is 0 Å². The summed E-state index contributed by atoms with van der Waals surface area (Å²) in [5, 5.41) is 2.89. The summed E-state index contributed by atoms with van der Waals surface area (Å²) in [6.07, 6.45) is 3.96. The Morgan fingerprint density at radius 2 is 1.82 bits per heavy atom. The van der Waals surface area contributed by atoms with E-state index < -0.39 is 0 Å². The Kier molecular flexibility index (Phi) is 5.61. The van der Waals surface area contributed by atoms with E-state index in [4.69, 9.17) is 9.47 Å². The second-order valence-electron chi connectivity index (χ2n) is 4.72. The lowest BCUT2D eigenvalue weighted by Crippen LogP contribution is -2.25. The topological polar surface area (TPSA) is 60.5 Å². The van der Waals surface area contributed by atoms with Gasteiger partial charge in [0.15, 0.2) is 11.5 Å². The number of carbonyl (C=O) groups is 1. The molecule has 5 nitrogen and oxygen atoms in total. The number of aromatic nitrogens is 1. The number of halogens is 1. The minimum atomic E-state index is -0.0880. The van der Waals surface area contributed by atoms with Gasteiger partial charge in [-0.2, -0.15) is 0 Å². The molecule has 0 radical (unpaired) electrons. The minimum absolute atomic E-state index is 0. The number of pyridine rings is 1. The lowest BCUT2D eigenvalue weighted by atomic mass is 10.1. The van der Waals surface area contributed by atoms with Gasteiger partial charge in [0.1, 0.15) is 13.2 Å². The zero-order valence-electron chi connectivity index (χ0n) is 12.0. The van der Waals surface area contributed by atoms with E-state index in [1.54, 1.807) is 24.5 Å². The van der Waals surface area contributed by atoms with Crippen LogP contribution < -0.4 is 14.8 Å². The molecule has 0 atom stereocenters. The molecule has 1 aliphatic heterocycles. The highest BCUT2D eigenvalue weighted by molar-refractivity contribution is 5.93. The summed E-state index contributed by atoms with van der Waals surface area (Å²) < 4.78 is 11.0. The van der Waals surface area contributed by atoms with E-state index in [1.807, 2.05) is 18.2 Å². The molecule has 1 amide bonds. The summed E-state index contributed by atoms with van der Waals surface area (Å²) in [6.45, 7) is 1.74. The van der Waals surface area contributed by atoms with E-state index in [-0.39, 0.29) is 18.3 Å². The quantitative estimate of drug-likeness (QED) is 0.938. The van der Waals surface area contributed by atoms with Gasteiger partial charge in [-0.25, -0.2) is 0 Å². The number of rotatable bonds is 4. The van der Waals surface area contributed by atoms with Crippen LogP contribution in [0.4, 0.5) is 0 Å². The number of hydrogen-bond acceptors (Lipinski definition) is 4. The maximum Gasteiger partial charge on any atom is 0.251 e. The lowest BCUT2D eigenvalue weighted by molar-refractivity contribution is 0.0954. The number of fused-ring (bicyclic) bond motifs is 1. The van der Waals surface area contributed by atoms with Gasteiger partial charge in [0, 0.05) is 24.5 Å². The van der Waals surface area contributed by atoms with Gasteiger partial charge in [0.2, 0.25) is 0 Å². The molecule has 1 aromatic heterocycles. The number of ether oxygens (including phenoxy) is 2. The van der Waals surface area contributed by atoms with Crippen molar-refractivity contribution in [3.8, 4) is 11.5 Å². The van der Waals surface area contributed by atoms with Crippen molar-refractivity contribution in [3.05, 3.63) is 53.9 Å². The SMILES string of the molecule is Cl.O=C(NCCc1ccc2c(c1)OCCO2)c1ccncc1. The number of benzene rings is 1. The molecule has 0 bridgehead atoms. The summed E-state index contributed by atoms with van der Waals surface area (Å²) in [5.74, 6) is 1.47. The van der Waals surface area contributed by atoms with Crippen molar-refractivity contribution in [3.63, 3.8) is 0 Å².